The number of carbonyl (C=O) groups is 1. The molecule has 0 fully saturated rings. The van der Waals surface area contributed by atoms with Crippen molar-refractivity contribution < 1.29 is 4.79 Å². The van der Waals surface area contributed by atoms with Gasteiger partial charge in [-0.3, -0.25) is 14.8 Å². The highest BCUT2D eigenvalue weighted by Crippen LogP contribution is 2.14. The van der Waals surface area contributed by atoms with Crippen molar-refractivity contribution in [3.8, 4) is 0 Å². The Morgan fingerprint density at radius 1 is 1.16 bits per heavy atom. The van der Waals surface area contributed by atoms with Crippen molar-refractivity contribution in [2.45, 2.75) is 26.3 Å². The molecule has 0 aliphatic heterocycles. The lowest BCUT2D eigenvalue weighted by atomic mass is 10.1. The molecule has 0 atom stereocenters. The van der Waals surface area contributed by atoms with E-state index >= 15 is 0 Å². The van der Waals surface area contributed by atoms with E-state index in [0.29, 0.717) is 0 Å². The maximum absolute atomic E-state index is 11.8. The number of amides is 1. The molecule has 1 aromatic heterocycles. The first-order valence-corrected chi connectivity index (χ1v) is 6.20. The van der Waals surface area contributed by atoms with Crippen molar-refractivity contribution in [3.63, 3.8) is 0 Å². The summed E-state index contributed by atoms with van der Waals surface area (Å²) in [6, 6.07) is 5.48. The molecular weight excluding hydrogens is 240 g/mol. The van der Waals surface area contributed by atoms with Gasteiger partial charge in [-0.25, -0.2) is 0 Å². The van der Waals surface area contributed by atoms with Crippen LogP contribution < -0.4 is 10.6 Å². The van der Waals surface area contributed by atoms with Crippen molar-refractivity contribution in [3.05, 3.63) is 30.6 Å². The second kappa shape index (κ2) is 5.32. The summed E-state index contributed by atoms with van der Waals surface area (Å²) in [4.78, 5) is 20.2. The zero-order valence-electron chi connectivity index (χ0n) is 11.4. The third-order valence-electron chi connectivity index (χ3n) is 2.53. The SMILES string of the molecule is CC(C)(C)NCC(=O)Nc1ccc2nccnc2c1. The highest BCUT2D eigenvalue weighted by atomic mass is 16.1. The van der Waals surface area contributed by atoms with Gasteiger partial charge in [0.2, 0.25) is 5.91 Å². The van der Waals surface area contributed by atoms with Crippen LogP contribution in [0.15, 0.2) is 30.6 Å². The minimum Gasteiger partial charge on any atom is -0.325 e. The minimum absolute atomic E-state index is 0.0711. The molecule has 0 saturated carbocycles. The van der Waals surface area contributed by atoms with E-state index in [-0.39, 0.29) is 18.0 Å². The van der Waals surface area contributed by atoms with Gasteiger partial charge in [-0.2, -0.15) is 0 Å². The Labute approximate surface area is 112 Å². The van der Waals surface area contributed by atoms with Crippen LogP contribution in [0.25, 0.3) is 11.0 Å². The maximum Gasteiger partial charge on any atom is 0.238 e. The fourth-order valence-corrected chi connectivity index (χ4v) is 1.59. The van der Waals surface area contributed by atoms with Gasteiger partial charge in [-0.05, 0) is 39.0 Å². The molecule has 5 nitrogen and oxygen atoms in total. The molecule has 0 spiro atoms. The number of fused-ring (bicyclic) bond motifs is 1. The summed E-state index contributed by atoms with van der Waals surface area (Å²) in [7, 11) is 0. The van der Waals surface area contributed by atoms with Crippen molar-refractivity contribution in [2.24, 2.45) is 0 Å². The molecular formula is C14H18N4O. The second-order valence-electron chi connectivity index (χ2n) is 5.41. The summed E-state index contributed by atoms with van der Waals surface area (Å²) < 4.78 is 0. The molecule has 2 N–H and O–H groups in total. The van der Waals surface area contributed by atoms with Crippen molar-refractivity contribution in [1.82, 2.24) is 15.3 Å². The van der Waals surface area contributed by atoms with Gasteiger partial charge in [0, 0.05) is 23.6 Å². The van der Waals surface area contributed by atoms with Crippen LogP contribution in [-0.2, 0) is 4.79 Å². The minimum atomic E-state index is -0.0772. The lowest BCUT2D eigenvalue weighted by molar-refractivity contribution is -0.115. The predicted octanol–water partition coefficient (Wildman–Crippen LogP) is 1.96. The smallest absolute Gasteiger partial charge is 0.238 e. The van der Waals surface area contributed by atoms with Crippen LogP contribution >= 0.6 is 0 Å². The van der Waals surface area contributed by atoms with Gasteiger partial charge in [-0.1, -0.05) is 0 Å². The summed E-state index contributed by atoms with van der Waals surface area (Å²) in [5.74, 6) is -0.0711. The number of aromatic nitrogens is 2. The van der Waals surface area contributed by atoms with E-state index in [9.17, 15) is 4.79 Å². The van der Waals surface area contributed by atoms with E-state index < -0.39 is 0 Å². The number of rotatable bonds is 3. The van der Waals surface area contributed by atoms with E-state index in [0.717, 1.165) is 16.7 Å². The summed E-state index contributed by atoms with van der Waals surface area (Å²) in [6.45, 7) is 6.34. The molecule has 0 unspecified atom stereocenters. The molecule has 2 aromatic rings. The lowest BCUT2D eigenvalue weighted by Gasteiger charge is -2.20. The van der Waals surface area contributed by atoms with Crippen LogP contribution in [0, 0.1) is 0 Å². The number of nitrogens with one attached hydrogen (secondary N) is 2. The number of nitrogens with zero attached hydrogens (tertiary/aromatic N) is 2. The highest BCUT2D eigenvalue weighted by Gasteiger charge is 2.11. The molecule has 0 aliphatic rings. The number of benzene rings is 1. The number of hydrogen-bond donors (Lipinski definition) is 2. The zero-order chi connectivity index (χ0) is 13.9. The van der Waals surface area contributed by atoms with Crippen LogP contribution in [-0.4, -0.2) is 28.0 Å². The molecule has 5 heteroatoms. The summed E-state index contributed by atoms with van der Waals surface area (Å²) in [5.41, 5.74) is 2.23. The lowest BCUT2D eigenvalue weighted by Crippen LogP contribution is -2.41. The first-order chi connectivity index (χ1) is 8.94. The third-order valence-corrected chi connectivity index (χ3v) is 2.53. The van der Waals surface area contributed by atoms with E-state index in [4.69, 9.17) is 0 Å². The largest absolute Gasteiger partial charge is 0.325 e. The van der Waals surface area contributed by atoms with Gasteiger partial charge >= 0.3 is 0 Å². The number of hydrogen-bond acceptors (Lipinski definition) is 4. The van der Waals surface area contributed by atoms with Gasteiger partial charge in [0.05, 0.1) is 17.6 Å². The maximum atomic E-state index is 11.8. The molecule has 100 valence electrons. The van der Waals surface area contributed by atoms with Gasteiger partial charge in [-0.15, -0.1) is 0 Å². The molecule has 0 saturated heterocycles. The Hall–Kier alpha value is -2.01. The molecule has 1 heterocycles. The van der Waals surface area contributed by atoms with Gasteiger partial charge in [0.15, 0.2) is 0 Å². The molecule has 1 aromatic carbocycles. The highest BCUT2D eigenvalue weighted by molar-refractivity contribution is 5.94. The average Bonchev–Trinajstić information content (AvgIpc) is 2.35. The molecule has 0 radical (unpaired) electrons. The fourth-order valence-electron chi connectivity index (χ4n) is 1.59. The molecule has 0 bridgehead atoms. The van der Waals surface area contributed by atoms with Crippen molar-refractivity contribution in [1.29, 1.82) is 0 Å². The first kappa shape index (κ1) is 13.4. The second-order valence-corrected chi connectivity index (χ2v) is 5.41. The van der Waals surface area contributed by atoms with Crippen molar-refractivity contribution >= 4 is 22.6 Å². The molecule has 0 aliphatic carbocycles. The van der Waals surface area contributed by atoms with Crippen LogP contribution in [0.3, 0.4) is 0 Å². The average molecular weight is 258 g/mol. The van der Waals surface area contributed by atoms with Crippen LogP contribution in [0.5, 0.6) is 0 Å². The first-order valence-electron chi connectivity index (χ1n) is 6.20. The monoisotopic (exact) mass is 258 g/mol. The molecule has 1 amide bonds. The summed E-state index contributed by atoms with van der Waals surface area (Å²) in [6.07, 6.45) is 3.28. The van der Waals surface area contributed by atoms with E-state index in [2.05, 4.69) is 20.6 Å². The Morgan fingerprint density at radius 2 is 1.84 bits per heavy atom. The predicted molar refractivity (Wildman–Crippen MR) is 75.9 cm³/mol. The fraction of sp³-hybridized carbons (Fsp3) is 0.357. The molecule has 2 rings (SSSR count). The Balaban J connectivity index is 2.03. The Bertz CT molecular complexity index is 589. The Morgan fingerprint density at radius 3 is 2.53 bits per heavy atom. The van der Waals surface area contributed by atoms with Crippen LogP contribution in [0.1, 0.15) is 20.8 Å². The summed E-state index contributed by atoms with van der Waals surface area (Å²) >= 11 is 0. The van der Waals surface area contributed by atoms with Gasteiger partial charge < -0.3 is 10.6 Å². The number of anilines is 1. The van der Waals surface area contributed by atoms with Gasteiger partial charge in [0.25, 0.3) is 0 Å². The van der Waals surface area contributed by atoms with Crippen LogP contribution in [0.4, 0.5) is 5.69 Å². The topological polar surface area (TPSA) is 66.9 Å². The van der Waals surface area contributed by atoms with Gasteiger partial charge in [0.1, 0.15) is 0 Å². The third kappa shape index (κ3) is 3.99. The number of carbonyl (C=O) groups excluding carboxylic acids is 1. The van der Waals surface area contributed by atoms with Crippen LogP contribution in [0.2, 0.25) is 0 Å². The van der Waals surface area contributed by atoms with E-state index in [1.165, 1.54) is 0 Å². The normalized spacial score (nSPS) is 11.5. The van der Waals surface area contributed by atoms with E-state index in [1.54, 1.807) is 12.4 Å². The quantitative estimate of drug-likeness (QED) is 0.883. The standard InChI is InChI=1S/C14H18N4O/c1-14(2,3)17-9-13(19)18-10-4-5-11-12(8-10)16-7-6-15-11/h4-8,17H,9H2,1-3H3,(H,18,19). The van der Waals surface area contributed by atoms with E-state index in [1.807, 2.05) is 39.0 Å². The van der Waals surface area contributed by atoms with Crippen molar-refractivity contribution in [2.75, 3.05) is 11.9 Å². The molecule has 19 heavy (non-hydrogen) atoms. The summed E-state index contributed by atoms with van der Waals surface area (Å²) in [5, 5.41) is 5.98. The Kier molecular flexibility index (Phi) is 3.76. The zero-order valence-corrected chi connectivity index (χ0v) is 11.4.